The standard InChI is InChI=1S/C17H23N5O/c1-3-14-20-17(15(23)22(14)4-2)7-6-12-10-21(11-13(12)17)16-18-8-5-9-19-16/h5,8-9,12-13H,3-4,6-7,10-11H2,1-2H3/t12-,13-,17-/m1/s1. The highest BCUT2D eigenvalue weighted by atomic mass is 16.2. The van der Waals surface area contributed by atoms with Crippen LogP contribution in [0.1, 0.15) is 33.1 Å². The molecule has 3 heterocycles. The zero-order chi connectivity index (χ0) is 16.0. The number of fused-ring (bicyclic) bond motifs is 2. The van der Waals surface area contributed by atoms with Crippen molar-refractivity contribution >= 4 is 17.7 Å². The first-order valence-corrected chi connectivity index (χ1v) is 8.62. The SMILES string of the molecule is CCC1=N[C@@]2(CC[C@@H]3CN(c4ncccn4)C[C@H]32)C(=O)N1CC. The van der Waals surface area contributed by atoms with Gasteiger partial charge in [-0.05, 0) is 31.7 Å². The van der Waals surface area contributed by atoms with Gasteiger partial charge in [0.05, 0.1) is 0 Å². The highest BCUT2D eigenvalue weighted by Gasteiger charge is 2.60. The average Bonchev–Trinajstić information content (AvgIpc) is 3.23. The third kappa shape index (κ3) is 2.00. The van der Waals surface area contributed by atoms with Crippen molar-refractivity contribution in [2.45, 2.75) is 38.6 Å². The molecule has 3 aliphatic rings. The van der Waals surface area contributed by atoms with Gasteiger partial charge < -0.3 is 4.90 Å². The van der Waals surface area contributed by atoms with Crippen molar-refractivity contribution in [2.75, 3.05) is 24.5 Å². The number of nitrogens with zero attached hydrogens (tertiary/aromatic N) is 5. The summed E-state index contributed by atoms with van der Waals surface area (Å²) in [7, 11) is 0. The fraction of sp³-hybridized carbons (Fsp3) is 0.647. The Balaban J connectivity index is 1.64. The van der Waals surface area contributed by atoms with Crippen molar-refractivity contribution in [3.8, 4) is 0 Å². The quantitative estimate of drug-likeness (QED) is 0.852. The molecule has 23 heavy (non-hydrogen) atoms. The van der Waals surface area contributed by atoms with E-state index in [-0.39, 0.29) is 11.8 Å². The molecule has 1 aromatic heterocycles. The molecule has 1 aromatic rings. The van der Waals surface area contributed by atoms with Crippen molar-refractivity contribution in [2.24, 2.45) is 16.8 Å². The van der Waals surface area contributed by atoms with E-state index in [0.29, 0.717) is 5.92 Å². The lowest BCUT2D eigenvalue weighted by Gasteiger charge is -2.27. The third-order valence-electron chi connectivity index (χ3n) is 5.67. The molecule has 1 aliphatic carbocycles. The smallest absolute Gasteiger partial charge is 0.256 e. The molecule has 122 valence electrons. The van der Waals surface area contributed by atoms with Crippen LogP contribution in [0.4, 0.5) is 5.95 Å². The Morgan fingerprint density at radius 2 is 2.04 bits per heavy atom. The first-order chi connectivity index (χ1) is 11.2. The molecule has 1 saturated carbocycles. The summed E-state index contributed by atoms with van der Waals surface area (Å²) < 4.78 is 0. The van der Waals surface area contributed by atoms with E-state index in [1.165, 1.54) is 0 Å². The summed E-state index contributed by atoms with van der Waals surface area (Å²) in [5, 5.41) is 0. The molecule has 1 saturated heterocycles. The van der Waals surface area contributed by atoms with E-state index < -0.39 is 5.54 Å². The number of rotatable bonds is 3. The fourth-order valence-corrected chi connectivity index (χ4v) is 4.60. The highest BCUT2D eigenvalue weighted by molar-refractivity contribution is 6.08. The minimum atomic E-state index is -0.518. The summed E-state index contributed by atoms with van der Waals surface area (Å²) in [5.41, 5.74) is -0.518. The molecule has 0 aromatic carbocycles. The van der Waals surface area contributed by atoms with Crippen LogP contribution in [-0.2, 0) is 4.79 Å². The lowest BCUT2D eigenvalue weighted by atomic mass is 9.85. The number of anilines is 1. The molecule has 0 unspecified atom stereocenters. The summed E-state index contributed by atoms with van der Waals surface area (Å²) in [5.74, 6) is 2.76. The van der Waals surface area contributed by atoms with Gasteiger partial charge in [0.25, 0.3) is 5.91 Å². The number of aromatic nitrogens is 2. The van der Waals surface area contributed by atoms with Gasteiger partial charge in [0.2, 0.25) is 5.95 Å². The van der Waals surface area contributed by atoms with Crippen LogP contribution in [0.25, 0.3) is 0 Å². The van der Waals surface area contributed by atoms with Crippen LogP contribution in [0.15, 0.2) is 23.5 Å². The topological polar surface area (TPSA) is 61.7 Å². The zero-order valence-electron chi connectivity index (χ0n) is 13.8. The molecule has 1 spiro atoms. The van der Waals surface area contributed by atoms with Crippen LogP contribution < -0.4 is 4.90 Å². The second-order valence-electron chi connectivity index (χ2n) is 6.71. The predicted octanol–water partition coefficient (Wildman–Crippen LogP) is 1.73. The molecule has 0 N–H and O–H groups in total. The number of hydrogen-bond acceptors (Lipinski definition) is 5. The normalized spacial score (nSPS) is 32.8. The van der Waals surface area contributed by atoms with Gasteiger partial charge in [-0.2, -0.15) is 0 Å². The van der Waals surface area contributed by atoms with Crippen molar-refractivity contribution in [1.29, 1.82) is 0 Å². The lowest BCUT2D eigenvalue weighted by molar-refractivity contribution is -0.132. The predicted molar refractivity (Wildman–Crippen MR) is 88.3 cm³/mol. The molecular weight excluding hydrogens is 290 g/mol. The molecule has 0 bridgehead atoms. The Hall–Kier alpha value is -1.98. The van der Waals surface area contributed by atoms with Gasteiger partial charge in [-0.25, -0.2) is 9.97 Å². The summed E-state index contributed by atoms with van der Waals surface area (Å²) in [6, 6.07) is 1.83. The Labute approximate surface area is 136 Å². The van der Waals surface area contributed by atoms with E-state index in [4.69, 9.17) is 4.99 Å². The van der Waals surface area contributed by atoms with Crippen molar-refractivity contribution in [1.82, 2.24) is 14.9 Å². The van der Waals surface area contributed by atoms with Crippen LogP contribution in [0, 0.1) is 11.8 Å². The van der Waals surface area contributed by atoms with Crippen molar-refractivity contribution < 1.29 is 4.79 Å². The molecule has 1 amide bonds. The molecule has 2 fully saturated rings. The van der Waals surface area contributed by atoms with E-state index >= 15 is 0 Å². The van der Waals surface area contributed by atoms with Gasteiger partial charge in [-0.1, -0.05) is 6.92 Å². The molecule has 2 aliphatic heterocycles. The Bertz CT molecular complexity index is 646. The summed E-state index contributed by atoms with van der Waals surface area (Å²) in [6.07, 6.45) is 6.34. The number of hydrogen-bond donors (Lipinski definition) is 0. The molecular formula is C17H23N5O. The van der Waals surface area contributed by atoms with Crippen LogP contribution >= 0.6 is 0 Å². The summed E-state index contributed by atoms with van der Waals surface area (Å²) in [4.78, 5) is 30.9. The van der Waals surface area contributed by atoms with Crippen molar-refractivity contribution in [3.05, 3.63) is 18.5 Å². The number of carbonyl (C=O) groups is 1. The fourth-order valence-electron chi connectivity index (χ4n) is 4.60. The van der Waals surface area contributed by atoms with Gasteiger partial charge in [-0.3, -0.25) is 14.7 Å². The molecule has 0 radical (unpaired) electrons. The van der Waals surface area contributed by atoms with Crippen LogP contribution in [0.5, 0.6) is 0 Å². The number of amides is 1. The number of aliphatic imine (C=N–C) groups is 1. The van der Waals surface area contributed by atoms with E-state index in [2.05, 4.69) is 21.8 Å². The maximum absolute atomic E-state index is 13.1. The second kappa shape index (κ2) is 5.28. The zero-order valence-corrected chi connectivity index (χ0v) is 13.8. The Kier molecular flexibility index (Phi) is 3.36. The monoisotopic (exact) mass is 313 g/mol. The highest BCUT2D eigenvalue weighted by Crippen LogP contribution is 2.50. The first-order valence-electron chi connectivity index (χ1n) is 8.62. The van der Waals surface area contributed by atoms with E-state index in [1.54, 1.807) is 12.4 Å². The minimum Gasteiger partial charge on any atom is -0.340 e. The maximum Gasteiger partial charge on any atom is 0.256 e. The first kappa shape index (κ1) is 14.6. The van der Waals surface area contributed by atoms with Gasteiger partial charge in [0.1, 0.15) is 11.4 Å². The van der Waals surface area contributed by atoms with E-state index in [9.17, 15) is 4.79 Å². The summed E-state index contributed by atoms with van der Waals surface area (Å²) in [6.45, 7) is 6.60. The van der Waals surface area contributed by atoms with Gasteiger partial charge in [-0.15, -0.1) is 0 Å². The lowest BCUT2D eigenvalue weighted by Crippen LogP contribution is -2.46. The average molecular weight is 313 g/mol. The van der Waals surface area contributed by atoms with Gasteiger partial charge >= 0.3 is 0 Å². The number of amidine groups is 1. The minimum absolute atomic E-state index is 0.222. The van der Waals surface area contributed by atoms with Crippen molar-refractivity contribution in [3.63, 3.8) is 0 Å². The third-order valence-corrected chi connectivity index (χ3v) is 5.67. The Morgan fingerprint density at radius 1 is 1.26 bits per heavy atom. The van der Waals surface area contributed by atoms with Crippen LogP contribution in [0.2, 0.25) is 0 Å². The second-order valence-corrected chi connectivity index (χ2v) is 6.71. The number of likely N-dealkylation sites (N-methyl/N-ethyl adjacent to an activating group) is 1. The molecule has 4 rings (SSSR count). The van der Waals surface area contributed by atoms with Crippen LogP contribution in [0.3, 0.4) is 0 Å². The molecule has 6 heteroatoms. The largest absolute Gasteiger partial charge is 0.340 e. The number of carbonyl (C=O) groups excluding carboxylic acids is 1. The van der Waals surface area contributed by atoms with E-state index in [0.717, 1.165) is 50.7 Å². The Morgan fingerprint density at radius 3 is 2.70 bits per heavy atom. The van der Waals surface area contributed by atoms with Gasteiger partial charge in [0, 0.05) is 44.4 Å². The van der Waals surface area contributed by atoms with E-state index in [1.807, 2.05) is 17.9 Å². The molecule has 3 atom stereocenters. The maximum atomic E-state index is 13.1. The van der Waals surface area contributed by atoms with Gasteiger partial charge in [0.15, 0.2) is 0 Å². The van der Waals surface area contributed by atoms with Crippen LogP contribution in [-0.4, -0.2) is 51.8 Å². The molecule has 6 nitrogen and oxygen atoms in total. The summed E-state index contributed by atoms with van der Waals surface area (Å²) >= 11 is 0.